The van der Waals surface area contributed by atoms with Gasteiger partial charge in [0.05, 0.1) is 0 Å². The lowest BCUT2D eigenvalue weighted by atomic mass is 10.1. The van der Waals surface area contributed by atoms with Crippen LogP contribution >= 0.6 is 0 Å². The molecule has 1 aromatic rings. The van der Waals surface area contributed by atoms with Crippen LogP contribution in [0.2, 0.25) is 0 Å². The van der Waals surface area contributed by atoms with Crippen molar-refractivity contribution in [1.82, 2.24) is 0 Å². The Morgan fingerprint density at radius 3 is 2.58 bits per heavy atom. The van der Waals surface area contributed by atoms with Crippen molar-refractivity contribution in [2.75, 3.05) is 6.79 Å². The Kier molecular flexibility index (Phi) is 1.80. The van der Waals surface area contributed by atoms with Crippen LogP contribution in [0.1, 0.15) is 11.7 Å². The summed E-state index contributed by atoms with van der Waals surface area (Å²) >= 11 is 0. The molecule has 1 aliphatic rings. The van der Waals surface area contributed by atoms with Gasteiger partial charge in [0.2, 0.25) is 0 Å². The molecule has 1 aliphatic heterocycles. The van der Waals surface area contributed by atoms with Crippen molar-refractivity contribution in [3.8, 4) is 0 Å². The monoisotopic (exact) mass is 164 g/mol. The largest absolute Gasteiger partial charge is 0.436 e. The lowest BCUT2D eigenvalue weighted by Crippen LogP contribution is -2.06. The van der Waals surface area contributed by atoms with Gasteiger partial charge in [0.1, 0.15) is 0 Å². The highest BCUT2D eigenvalue weighted by molar-refractivity contribution is 5.77. The van der Waals surface area contributed by atoms with Gasteiger partial charge in [-0.25, -0.2) is 4.79 Å². The number of carbonyl (C=O) groups is 1. The van der Waals surface area contributed by atoms with Crippen LogP contribution in [0.25, 0.3) is 0 Å². The molecule has 0 aliphatic carbocycles. The van der Waals surface area contributed by atoms with Crippen LogP contribution < -0.4 is 0 Å². The molecule has 3 nitrogen and oxygen atoms in total. The van der Waals surface area contributed by atoms with Gasteiger partial charge in [0, 0.05) is 0 Å². The molecule has 0 N–H and O–H groups in total. The first-order chi connectivity index (χ1) is 5.88. The minimum atomic E-state index is -0.522. The number of rotatable bonds is 1. The second-order valence-electron chi connectivity index (χ2n) is 2.54. The summed E-state index contributed by atoms with van der Waals surface area (Å²) in [7, 11) is 0. The van der Waals surface area contributed by atoms with Crippen molar-refractivity contribution < 1.29 is 14.3 Å². The van der Waals surface area contributed by atoms with Crippen LogP contribution in [0.5, 0.6) is 0 Å². The SMILES string of the molecule is O=C1OCOC1c1ccccc1. The lowest BCUT2D eigenvalue weighted by molar-refractivity contribution is -0.139. The summed E-state index contributed by atoms with van der Waals surface area (Å²) in [6.07, 6.45) is -0.522. The van der Waals surface area contributed by atoms with E-state index >= 15 is 0 Å². The molecule has 1 fully saturated rings. The van der Waals surface area contributed by atoms with Gasteiger partial charge in [0.15, 0.2) is 12.9 Å². The fourth-order valence-corrected chi connectivity index (χ4v) is 1.16. The van der Waals surface area contributed by atoms with Crippen molar-refractivity contribution in [2.24, 2.45) is 0 Å². The van der Waals surface area contributed by atoms with E-state index in [0.717, 1.165) is 5.56 Å². The first-order valence-corrected chi connectivity index (χ1v) is 3.71. The number of hydrogen-bond donors (Lipinski definition) is 0. The number of hydrogen-bond acceptors (Lipinski definition) is 3. The van der Waals surface area contributed by atoms with E-state index < -0.39 is 6.10 Å². The van der Waals surface area contributed by atoms with E-state index in [1.165, 1.54) is 0 Å². The fourth-order valence-electron chi connectivity index (χ4n) is 1.16. The Balaban J connectivity index is 2.25. The van der Waals surface area contributed by atoms with Crippen LogP contribution in [0.3, 0.4) is 0 Å². The Morgan fingerprint density at radius 1 is 1.25 bits per heavy atom. The van der Waals surface area contributed by atoms with Gasteiger partial charge in [-0.15, -0.1) is 0 Å². The van der Waals surface area contributed by atoms with Crippen molar-refractivity contribution >= 4 is 5.97 Å². The van der Waals surface area contributed by atoms with Crippen LogP contribution in [-0.2, 0) is 14.3 Å². The standard InChI is InChI=1S/C9H8O3/c10-9-8(11-6-12-9)7-4-2-1-3-5-7/h1-5,8H,6H2. The molecule has 12 heavy (non-hydrogen) atoms. The zero-order chi connectivity index (χ0) is 8.39. The summed E-state index contributed by atoms with van der Waals surface area (Å²) < 4.78 is 9.74. The van der Waals surface area contributed by atoms with E-state index in [1.807, 2.05) is 30.3 Å². The van der Waals surface area contributed by atoms with Gasteiger partial charge >= 0.3 is 5.97 Å². The molecule has 62 valence electrons. The van der Waals surface area contributed by atoms with E-state index in [1.54, 1.807) is 0 Å². The average molecular weight is 164 g/mol. The minimum absolute atomic E-state index is 0.0679. The number of ether oxygens (including phenoxy) is 2. The lowest BCUT2D eigenvalue weighted by Gasteiger charge is -2.03. The molecule has 1 aromatic carbocycles. The second-order valence-corrected chi connectivity index (χ2v) is 2.54. The number of carbonyl (C=O) groups excluding carboxylic acids is 1. The summed E-state index contributed by atoms with van der Waals surface area (Å²) in [6.45, 7) is 0.0679. The summed E-state index contributed by atoms with van der Waals surface area (Å²) in [4.78, 5) is 11.0. The van der Waals surface area contributed by atoms with Gasteiger partial charge < -0.3 is 9.47 Å². The van der Waals surface area contributed by atoms with E-state index in [9.17, 15) is 4.79 Å². The van der Waals surface area contributed by atoms with Crippen LogP contribution in [0.4, 0.5) is 0 Å². The second kappa shape index (κ2) is 2.95. The summed E-state index contributed by atoms with van der Waals surface area (Å²) in [5.74, 6) is -0.304. The molecule has 1 saturated heterocycles. The van der Waals surface area contributed by atoms with Crippen LogP contribution in [0, 0.1) is 0 Å². The quantitative estimate of drug-likeness (QED) is 0.586. The van der Waals surface area contributed by atoms with Gasteiger partial charge in [0.25, 0.3) is 0 Å². The molecule has 3 heteroatoms. The van der Waals surface area contributed by atoms with Gasteiger partial charge in [-0.3, -0.25) is 0 Å². The molecule has 0 saturated carbocycles. The molecule has 0 spiro atoms. The maximum atomic E-state index is 11.0. The molecule has 0 amide bonds. The topological polar surface area (TPSA) is 35.5 Å². The van der Waals surface area contributed by atoms with E-state index in [4.69, 9.17) is 4.74 Å². The first-order valence-electron chi connectivity index (χ1n) is 3.71. The number of esters is 1. The van der Waals surface area contributed by atoms with E-state index in [2.05, 4.69) is 4.74 Å². The predicted octanol–water partition coefficient (Wildman–Crippen LogP) is 1.26. The maximum Gasteiger partial charge on any atom is 0.342 e. The van der Waals surface area contributed by atoms with Crippen LogP contribution in [-0.4, -0.2) is 12.8 Å². The van der Waals surface area contributed by atoms with Gasteiger partial charge in [-0.05, 0) is 5.56 Å². The zero-order valence-electron chi connectivity index (χ0n) is 6.40. The Hall–Kier alpha value is -1.35. The summed E-state index contributed by atoms with van der Waals surface area (Å²) in [5.41, 5.74) is 0.847. The normalized spacial score (nSPS) is 22.3. The first kappa shape index (κ1) is 7.31. The third-order valence-corrected chi connectivity index (χ3v) is 1.75. The molecule has 1 atom stereocenters. The zero-order valence-corrected chi connectivity index (χ0v) is 6.40. The summed E-state index contributed by atoms with van der Waals surface area (Å²) in [6, 6.07) is 9.31. The highest BCUT2D eigenvalue weighted by Gasteiger charge is 2.28. The highest BCUT2D eigenvalue weighted by atomic mass is 16.7. The minimum Gasteiger partial charge on any atom is -0.436 e. The molecular formula is C9H8O3. The van der Waals surface area contributed by atoms with Crippen molar-refractivity contribution in [2.45, 2.75) is 6.10 Å². The molecule has 0 radical (unpaired) electrons. The third-order valence-electron chi connectivity index (χ3n) is 1.75. The fraction of sp³-hybridized carbons (Fsp3) is 0.222. The van der Waals surface area contributed by atoms with Crippen LogP contribution in [0.15, 0.2) is 30.3 Å². The third kappa shape index (κ3) is 1.19. The molecule has 0 bridgehead atoms. The van der Waals surface area contributed by atoms with Crippen molar-refractivity contribution in [3.05, 3.63) is 35.9 Å². The van der Waals surface area contributed by atoms with Gasteiger partial charge in [-0.1, -0.05) is 30.3 Å². The van der Waals surface area contributed by atoms with E-state index in [-0.39, 0.29) is 12.8 Å². The van der Waals surface area contributed by atoms with E-state index in [0.29, 0.717) is 0 Å². The van der Waals surface area contributed by atoms with Crippen molar-refractivity contribution in [3.63, 3.8) is 0 Å². The Morgan fingerprint density at radius 2 is 2.00 bits per heavy atom. The molecule has 1 unspecified atom stereocenters. The molecule has 1 heterocycles. The summed E-state index contributed by atoms with van der Waals surface area (Å²) in [5, 5.41) is 0. The molecular weight excluding hydrogens is 156 g/mol. The Bertz CT molecular complexity index is 281. The number of cyclic esters (lactones) is 1. The molecule has 2 rings (SSSR count). The smallest absolute Gasteiger partial charge is 0.342 e. The molecule has 0 aromatic heterocycles. The maximum absolute atomic E-state index is 11.0. The average Bonchev–Trinajstić information content (AvgIpc) is 2.53. The predicted molar refractivity (Wildman–Crippen MR) is 41.2 cm³/mol. The highest BCUT2D eigenvalue weighted by Crippen LogP contribution is 2.22. The Labute approximate surface area is 69.9 Å². The number of benzene rings is 1. The van der Waals surface area contributed by atoms with Gasteiger partial charge in [-0.2, -0.15) is 0 Å². The van der Waals surface area contributed by atoms with Crippen molar-refractivity contribution in [1.29, 1.82) is 0 Å².